The second-order valence-corrected chi connectivity index (χ2v) is 8.22. The molecule has 0 aromatic rings. The van der Waals surface area contributed by atoms with Gasteiger partial charge in [0.15, 0.2) is 0 Å². The van der Waals surface area contributed by atoms with E-state index in [0.717, 1.165) is 31.1 Å². The van der Waals surface area contributed by atoms with Crippen LogP contribution in [0.3, 0.4) is 0 Å². The van der Waals surface area contributed by atoms with Gasteiger partial charge in [-0.2, -0.15) is 0 Å². The van der Waals surface area contributed by atoms with E-state index >= 15 is 0 Å². The largest absolute Gasteiger partial charge is 0.409 e. The van der Waals surface area contributed by atoms with Crippen molar-refractivity contribution in [3.63, 3.8) is 0 Å². The highest BCUT2D eigenvalue weighted by Gasteiger charge is 2.58. The molecule has 4 bridgehead atoms. The van der Waals surface area contributed by atoms with Gasteiger partial charge in [-0.1, -0.05) is 12.1 Å². The number of amidine groups is 1. The first-order chi connectivity index (χ1) is 9.84. The zero-order chi connectivity index (χ0) is 15.3. The Bertz CT molecular complexity index is 460. The Morgan fingerprint density at radius 2 is 2.00 bits per heavy atom. The van der Waals surface area contributed by atoms with Crippen molar-refractivity contribution in [3.05, 3.63) is 0 Å². The molecule has 0 aromatic carbocycles. The van der Waals surface area contributed by atoms with Gasteiger partial charge in [0.05, 0.1) is 5.41 Å². The Morgan fingerprint density at radius 1 is 1.38 bits per heavy atom. The third-order valence-corrected chi connectivity index (χ3v) is 5.86. The average molecular weight is 293 g/mol. The van der Waals surface area contributed by atoms with Crippen LogP contribution in [-0.4, -0.2) is 23.0 Å². The summed E-state index contributed by atoms with van der Waals surface area (Å²) in [6.45, 7) is 4.28. The fourth-order valence-electron chi connectivity index (χ4n) is 5.77. The summed E-state index contributed by atoms with van der Waals surface area (Å²) >= 11 is 0. The standard InChI is InChI=1S/C16H27N3O2/c1-10(3-13(17)19-21)18-14(20)16-7-11-4-12(8-16)6-15(2,5-11)9-16/h10-12,21H,3-9H2,1-2H3,(H2,17,19)(H,18,20). The van der Waals surface area contributed by atoms with Crippen molar-refractivity contribution in [3.8, 4) is 0 Å². The van der Waals surface area contributed by atoms with Gasteiger partial charge in [-0.3, -0.25) is 4.79 Å². The number of carbonyl (C=O) groups is 1. The number of nitrogens with one attached hydrogen (secondary N) is 1. The van der Waals surface area contributed by atoms with E-state index in [9.17, 15) is 4.79 Å². The molecule has 0 radical (unpaired) electrons. The summed E-state index contributed by atoms with van der Waals surface area (Å²) in [5.74, 6) is 1.84. The van der Waals surface area contributed by atoms with Crippen molar-refractivity contribution in [2.75, 3.05) is 0 Å². The molecule has 0 spiro atoms. The van der Waals surface area contributed by atoms with E-state index in [2.05, 4.69) is 17.4 Å². The molecule has 4 aliphatic rings. The third-order valence-electron chi connectivity index (χ3n) is 5.86. The molecule has 5 nitrogen and oxygen atoms in total. The molecule has 4 fully saturated rings. The second-order valence-electron chi connectivity index (χ2n) is 8.22. The van der Waals surface area contributed by atoms with E-state index in [4.69, 9.17) is 10.9 Å². The number of hydrogen-bond acceptors (Lipinski definition) is 3. The van der Waals surface area contributed by atoms with E-state index < -0.39 is 0 Å². The maximum absolute atomic E-state index is 12.9. The lowest BCUT2D eigenvalue weighted by atomic mass is 9.44. The molecule has 4 aliphatic carbocycles. The zero-order valence-electron chi connectivity index (χ0n) is 13.1. The van der Waals surface area contributed by atoms with Crippen molar-refractivity contribution in [2.45, 2.75) is 64.8 Å². The topological polar surface area (TPSA) is 87.7 Å². The summed E-state index contributed by atoms with van der Waals surface area (Å²) < 4.78 is 0. The molecule has 4 N–H and O–H groups in total. The lowest BCUT2D eigenvalue weighted by Crippen LogP contribution is -2.57. The lowest BCUT2D eigenvalue weighted by molar-refractivity contribution is -0.155. The van der Waals surface area contributed by atoms with Gasteiger partial charge in [-0.05, 0) is 62.7 Å². The smallest absolute Gasteiger partial charge is 0.226 e. The summed E-state index contributed by atoms with van der Waals surface area (Å²) in [6, 6.07) is -0.0887. The summed E-state index contributed by atoms with van der Waals surface area (Å²) in [4.78, 5) is 12.9. The monoisotopic (exact) mass is 293 g/mol. The van der Waals surface area contributed by atoms with Gasteiger partial charge < -0.3 is 16.3 Å². The molecule has 4 saturated carbocycles. The fraction of sp³-hybridized carbons (Fsp3) is 0.875. The van der Waals surface area contributed by atoms with Gasteiger partial charge in [0.25, 0.3) is 0 Å². The molecule has 0 aromatic heterocycles. The Morgan fingerprint density at radius 3 is 2.52 bits per heavy atom. The van der Waals surface area contributed by atoms with E-state index in [1.165, 1.54) is 19.3 Å². The van der Waals surface area contributed by atoms with Crippen molar-refractivity contribution in [1.29, 1.82) is 0 Å². The minimum absolute atomic E-state index is 0.0887. The Balaban J connectivity index is 1.70. The molecule has 21 heavy (non-hydrogen) atoms. The van der Waals surface area contributed by atoms with Crippen LogP contribution in [0.5, 0.6) is 0 Å². The number of rotatable bonds is 4. The van der Waals surface area contributed by atoms with Gasteiger partial charge in [0, 0.05) is 12.5 Å². The predicted molar refractivity (Wildman–Crippen MR) is 80.9 cm³/mol. The first-order valence-corrected chi connectivity index (χ1v) is 8.12. The SMILES string of the molecule is CC(CC(N)=NO)NC(=O)C12CC3CC(CC(C)(C3)C1)C2. The Hall–Kier alpha value is -1.26. The maximum atomic E-state index is 12.9. The number of nitrogens with zero attached hydrogens (tertiary/aromatic N) is 1. The van der Waals surface area contributed by atoms with Gasteiger partial charge in [0.1, 0.15) is 5.84 Å². The first-order valence-electron chi connectivity index (χ1n) is 8.12. The third kappa shape index (κ3) is 2.62. The molecule has 1 amide bonds. The summed E-state index contributed by atoms with van der Waals surface area (Å²) in [5.41, 5.74) is 5.74. The van der Waals surface area contributed by atoms with Crippen molar-refractivity contribution >= 4 is 11.7 Å². The highest BCUT2D eigenvalue weighted by molar-refractivity contribution is 5.85. The van der Waals surface area contributed by atoms with E-state index in [1.807, 2.05) is 6.92 Å². The molecule has 3 atom stereocenters. The molecular formula is C16H27N3O2. The van der Waals surface area contributed by atoms with Crippen LogP contribution in [0, 0.1) is 22.7 Å². The van der Waals surface area contributed by atoms with Gasteiger partial charge >= 0.3 is 0 Å². The number of oxime groups is 1. The molecule has 0 saturated heterocycles. The zero-order valence-corrected chi connectivity index (χ0v) is 13.1. The lowest BCUT2D eigenvalue weighted by Gasteiger charge is -2.60. The highest BCUT2D eigenvalue weighted by atomic mass is 16.4. The first kappa shape index (κ1) is 14.7. The van der Waals surface area contributed by atoms with Crippen molar-refractivity contribution in [2.24, 2.45) is 33.6 Å². The van der Waals surface area contributed by atoms with Crippen molar-refractivity contribution in [1.82, 2.24) is 5.32 Å². The van der Waals surface area contributed by atoms with Crippen LogP contribution in [-0.2, 0) is 4.79 Å². The van der Waals surface area contributed by atoms with Crippen molar-refractivity contribution < 1.29 is 10.0 Å². The molecule has 3 unspecified atom stereocenters. The van der Waals surface area contributed by atoms with Crippen LogP contribution in [0.15, 0.2) is 5.16 Å². The van der Waals surface area contributed by atoms with Crippen LogP contribution < -0.4 is 11.1 Å². The summed E-state index contributed by atoms with van der Waals surface area (Å²) in [7, 11) is 0. The average Bonchev–Trinajstić information content (AvgIpc) is 2.35. The molecule has 4 rings (SSSR count). The number of carbonyl (C=O) groups excluding carboxylic acids is 1. The van der Waals surface area contributed by atoms with Crippen LogP contribution >= 0.6 is 0 Å². The van der Waals surface area contributed by atoms with Gasteiger partial charge in [-0.25, -0.2) is 0 Å². The van der Waals surface area contributed by atoms with Crippen LogP contribution in [0.1, 0.15) is 58.8 Å². The second kappa shape index (κ2) is 4.89. The van der Waals surface area contributed by atoms with Crippen LogP contribution in [0.4, 0.5) is 0 Å². The predicted octanol–water partition coefficient (Wildman–Crippen LogP) is 2.23. The number of amides is 1. The summed E-state index contributed by atoms with van der Waals surface area (Å²) in [5, 5.41) is 14.7. The molecule has 5 heteroatoms. The fourth-order valence-corrected chi connectivity index (χ4v) is 5.77. The quantitative estimate of drug-likeness (QED) is 0.321. The van der Waals surface area contributed by atoms with Crippen LogP contribution in [0.2, 0.25) is 0 Å². The van der Waals surface area contributed by atoms with E-state index in [0.29, 0.717) is 11.8 Å². The molecular weight excluding hydrogens is 266 g/mol. The summed E-state index contributed by atoms with van der Waals surface area (Å²) in [6.07, 6.45) is 7.47. The minimum Gasteiger partial charge on any atom is -0.409 e. The number of nitrogens with two attached hydrogens (primary N) is 1. The Kier molecular flexibility index (Phi) is 3.41. The normalized spacial score (nSPS) is 42.9. The van der Waals surface area contributed by atoms with Gasteiger partial charge in [-0.15, -0.1) is 0 Å². The van der Waals surface area contributed by atoms with Gasteiger partial charge in [0.2, 0.25) is 5.91 Å². The Labute approximate surface area is 126 Å². The van der Waals surface area contributed by atoms with E-state index in [-0.39, 0.29) is 23.2 Å². The van der Waals surface area contributed by atoms with E-state index in [1.54, 1.807) is 0 Å². The molecule has 0 heterocycles. The maximum Gasteiger partial charge on any atom is 0.226 e. The molecule has 0 aliphatic heterocycles. The minimum atomic E-state index is -0.155. The van der Waals surface area contributed by atoms with Crippen LogP contribution in [0.25, 0.3) is 0 Å². The molecule has 118 valence electrons. The number of hydrogen-bond donors (Lipinski definition) is 3. The highest BCUT2D eigenvalue weighted by Crippen LogP contribution is 2.65.